The van der Waals surface area contributed by atoms with Crippen LogP contribution in [-0.4, -0.2) is 44.3 Å². The Balaban J connectivity index is 2.10. The molecule has 0 aromatic heterocycles. The van der Waals surface area contributed by atoms with Crippen molar-refractivity contribution in [1.82, 2.24) is 4.90 Å². The fourth-order valence-electron chi connectivity index (χ4n) is 1.80. The zero-order valence-corrected chi connectivity index (χ0v) is 13.0. The second-order valence-corrected chi connectivity index (χ2v) is 5.04. The molecule has 0 saturated heterocycles. The predicted molar refractivity (Wildman–Crippen MR) is 82.3 cm³/mol. The molecule has 3 nitrogen and oxygen atoms in total. The molecule has 0 fully saturated rings. The maximum Gasteiger partial charge on any atom is 0.0795 e. The normalized spacial score (nSPS) is 11.3. The lowest BCUT2D eigenvalue weighted by atomic mass is 10.1. The van der Waals surface area contributed by atoms with Crippen LogP contribution in [0.25, 0.3) is 0 Å². The van der Waals surface area contributed by atoms with E-state index >= 15 is 0 Å². The summed E-state index contributed by atoms with van der Waals surface area (Å²) in [6.07, 6.45) is 0. The van der Waals surface area contributed by atoms with E-state index < -0.39 is 0 Å². The molecule has 0 aliphatic rings. The third-order valence-corrected chi connectivity index (χ3v) is 4.19. The predicted octanol–water partition coefficient (Wildman–Crippen LogP) is 3.10. The summed E-state index contributed by atoms with van der Waals surface area (Å²) in [5, 5.41) is 3.28. The van der Waals surface area contributed by atoms with E-state index in [1.165, 1.54) is 0 Å². The SMILES string of the molecule is CCN(CC)CCOCCNc1c(C)c(=S)c1=S. The van der Waals surface area contributed by atoms with Crippen LogP contribution < -0.4 is 5.32 Å². The average Bonchev–Trinajstić information content (AvgIpc) is 2.41. The minimum Gasteiger partial charge on any atom is -0.381 e. The van der Waals surface area contributed by atoms with Gasteiger partial charge in [-0.05, 0) is 25.6 Å². The first-order chi connectivity index (χ1) is 8.61. The fourth-order valence-corrected chi connectivity index (χ4v) is 2.38. The van der Waals surface area contributed by atoms with E-state index in [2.05, 4.69) is 24.1 Å². The first-order valence-corrected chi connectivity index (χ1v) is 7.27. The number of hydrogen-bond donors (Lipinski definition) is 1. The number of nitrogens with zero attached hydrogens (tertiary/aromatic N) is 1. The van der Waals surface area contributed by atoms with Gasteiger partial charge in [0.2, 0.25) is 0 Å². The molecule has 102 valence electrons. The zero-order valence-electron chi connectivity index (χ0n) is 11.4. The highest BCUT2D eigenvalue weighted by atomic mass is 32.1. The van der Waals surface area contributed by atoms with Gasteiger partial charge < -0.3 is 15.0 Å². The molecule has 0 saturated carbocycles. The third kappa shape index (κ3) is 4.09. The van der Waals surface area contributed by atoms with Gasteiger partial charge in [-0.15, -0.1) is 0 Å². The smallest absolute Gasteiger partial charge is 0.0795 e. The van der Waals surface area contributed by atoms with Gasteiger partial charge in [-0.3, -0.25) is 0 Å². The minimum absolute atomic E-state index is 0.702. The summed E-state index contributed by atoms with van der Waals surface area (Å²) in [6.45, 7) is 11.8. The van der Waals surface area contributed by atoms with Crippen molar-refractivity contribution in [2.75, 3.05) is 44.7 Å². The first-order valence-electron chi connectivity index (χ1n) is 6.45. The number of rotatable bonds is 9. The molecule has 0 aliphatic heterocycles. The van der Waals surface area contributed by atoms with E-state index in [1.54, 1.807) is 0 Å². The van der Waals surface area contributed by atoms with Crippen molar-refractivity contribution in [2.24, 2.45) is 0 Å². The molecule has 0 atom stereocenters. The maximum absolute atomic E-state index is 5.58. The van der Waals surface area contributed by atoms with Crippen LogP contribution in [-0.2, 0) is 4.74 Å². The standard InChI is InChI=1S/C13H22N2OS2/c1-4-15(5-2)7-9-16-8-6-14-11-10(3)12(17)13(11)18/h14H,4-9H2,1-3H3. The highest BCUT2D eigenvalue weighted by Crippen LogP contribution is 2.24. The van der Waals surface area contributed by atoms with Crippen LogP contribution in [0.3, 0.4) is 0 Å². The van der Waals surface area contributed by atoms with E-state index in [1.807, 2.05) is 6.92 Å². The Bertz CT molecular complexity index is 434. The molecule has 18 heavy (non-hydrogen) atoms. The Labute approximate surface area is 120 Å². The number of ether oxygens (including phenoxy) is 1. The summed E-state index contributed by atoms with van der Waals surface area (Å²) in [6, 6.07) is 0. The van der Waals surface area contributed by atoms with Crippen LogP contribution in [0, 0.1) is 15.9 Å². The summed E-state index contributed by atoms with van der Waals surface area (Å²) in [4.78, 5) is 2.35. The van der Waals surface area contributed by atoms with Gasteiger partial charge in [0.05, 0.1) is 27.9 Å². The molecular weight excluding hydrogens is 264 g/mol. The molecule has 0 unspecified atom stereocenters. The average molecular weight is 286 g/mol. The van der Waals surface area contributed by atoms with Gasteiger partial charge in [0.25, 0.3) is 0 Å². The molecule has 1 N–H and O–H groups in total. The molecule has 0 bridgehead atoms. The van der Waals surface area contributed by atoms with E-state index in [0.717, 1.165) is 53.1 Å². The van der Waals surface area contributed by atoms with Crippen molar-refractivity contribution in [3.8, 4) is 0 Å². The molecule has 1 aromatic carbocycles. The molecule has 1 aromatic rings. The quantitative estimate of drug-likeness (QED) is 0.555. The van der Waals surface area contributed by atoms with E-state index in [0.29, 0.717) is 6.61 Å². The molecule has 0 aliphatic carbocycles. The molecule has 0 heterocycles. The third-order valence-electron chi connectivity index (χ3n) is 3.14. The maximum atomic E-state index is 5.58. The van der Waals surface area contributed by atoms with Crippen LogP contribution in [0.4, 0.5) is 5.69 Å². The Hall–Kier alpha value is -0.360. The number of anilines is 1. The number of nitrogens with one attached hydrogen (secondary N) is 1. The van der Waals surface area contributed by atoms with Crippen molar-refractivity contribution >= 4 is 30.1 Å². The Morgan fingerprint density at radius 2 is 1.78 bits per heavy atom. The summed E-state index contributed by atoms with van der Waals surface area (Å²) < 4.78 is 7.21. The minimum atomic E-state index is 0.702. The lowest BCUT2D eigenvalue weighted by Crippen LogP contribution is -2.27. The molecule has 0 radical (unpaired) electrons. The van der Waals surface area contributed by atoms with Crippen LogP contribution in [0.15, 0.2) is 0 Å². The van der Waals surface area contributed by atoms with Gasteiger partial charge in [-0.2, -0.15) is 0 Å². The van der Waals surface area contributed by atoms with Gasteiger partial charge in [0.1, 0.15) is 0 Å². The van der Waals surface area contributed by atoms with Crippen LogP contribution in [0.1, 0.15) is 19.4 Å². The molecule has 0 spiro atoms. The second-order valence-electron chi connectivity index (χ2n) is 4.22. The molecule has 1 rings (SSSR count). The second kappa shape index (κ2) is 7.94. The lowest BCUT2D eigenvalue weighted by Gasteiger charge is -2.18. The largest absolute Gasteiger partial charge is 0.381 e. The number of hydrogen-bond acceptors (Lipinski definition) is 5. The highest BCUT2D eigenvalue weighted by Gasteiger charge is 2.08. The fraction of sp³-hybridized carbons (Fsp3) is 0.692. The topological polar surface area (TPSA) is 24.5 Å². The first kappa shape index (κ1) is 15.7. The van der Waals surface area contributed by atoms with Gasteiger partial charge in [-0.1, -0.05) is 38.3 Å². The van der Waals surface area contributed by atoms with Crippen molar-refractivity contribution in [3.05, 3.63) is 14.6 Å². The van der Waals surface area contributed by atoms with Gasteiger partial charge in [-0.25, -0.2) is 0 Å². The van der Waals surface area contributed by atoms with E-state index in [4.69, 9.17) is 29.2 Å². The van der Waals surface area contributed by atoms with Crippen molar-refractivity contribution in [3.63, 3.8) is 0 Å². The van der Waals surface area contributed by atoms with Crippen LogP contribution in [0.5, 0.6) is 0 Å². The van der Waals surface area contributed by atoms with Crippen molar-refractivity contribution in [2.45, 2.75) is 20.8 Å². The molecule has 0 amide bonds. The van der Waals surface area contributed by atoms with Crippen LogP contribution in [0.2, 0.25) is 0 Å². The van der Waals surface area contributed by atoms with Gasteiger partial charge in [0, 0.05) is 13.1 Å². The van der Waals surface area contributed by atoms with E-state index in [-0.39, 0.29) is 0 Å². The zero-order chi connectivity index (χ0) is 13.5. The monoisotopic (exact) mass is 286 g/mol. The van der Waals surface area contributed by atoms with Crippen molar-refractivity contribution in [1.29, 1.82) is 0 Å². The highest BCUT2D eigenvalue weighted by molar-refractivity contribution is 7.74. The van der Waals surface area contributed by atoms with Crippen molar-refractivity contribution < 1.29 is 4.74 Å². The Morgan fingerprint density at radius 1 is 1.11 bits per heavy atom. The Morgan fingerprint density at radius 3 is 2.33 bits per heavy atom. The van der Waals surface area contributed by atoms with Gasteiger partial charge >= 0.3 is 0 Å². The Kier molecular flexibility index (Phi) is 6.92. The number of likely N-dealkylation sites (N-methyl/N-ethyl adjacent to an activating group) is 1. The summed E-state index contributed by atoms with van der Waals surface area (Å²) in [7, 11) is 0. The van der Waals surface area contributed by atoms with Gasteiger partial charge in [0.15, 0.2) is 0 Å². The molecule has 5 heteroatoms. The van der Waals surface area contributed by atoms with Crippen LogP contribution >= 0.6 is 24.4 Å². The summed E-state index contributed by atoms with van der Waals surface area (Å²) in [5.74, 6) is 0. The lowest BCUT2D eigenvalue weighted by molar-refractivity contribution is 0.114. The summed E-state index contributed by atoms with van der Waals surface area (Å²) >= 11 is 10.3. The van der Waals surface area contributed by atoms with E-state index in [9.17, 15) is 0 Å². The summed E-state index contributed by atoms with van der Waals surface area (Å²) in [5.41, 5.74) is 2.14. The molecular formula is C13H22N2OS2.